The highest BCUT2D eigenvalue weighted by Gasteiger charge is 2.27. The molecule has 1 aromatic carbocycles. The molecule has 0 amide bonds. The molecule has 4 rings (SSSR count). The maximum atomic E-state index is 14.3. The standard InChI is InChI=1S/C17H14F2N4O/c1-8-2-5-11(18)13(14(8)19)15(24)10-6-20-16-12(10)17(22-7-21-16)23-9-3-4-9/h2,5-7,9H,3-4H2,1H3,(H2,20,21,22,23). The van der Waals surface area contributed by atoms with Crippen LogP contribution in [0.2, 0.25) is 0 Å². The van der Waals surface area contributed by atoms with E-state index in [9.17, 15) is 13.6 Å². The lowest BCUT2D eigenvalue weighted by Crippen LogP contribution is -2.10. The Balaban J connectivity index is 1.87. The molecule has 0 aliphatic heterocycles. The van der Waals surface area contributed by atoms with Crippen molar-refractivity contribution >= 4 is 22.6 Å². The number of aromatic nitrogens is 3. The molecule has 1 saturated carbocycles. The van der Waals surface area contributed by atoms with Crippen LogP contribution in [-0.2, 0) is 0 Å². The molecule has 2 N–H and O–H groups in total. The van der Waals surface area contributed by atoms with Crippen molar-refractivity contribution in [2.24, 2.45) is 0 Å². The molecular weight excluding hydrogens is 314 g/mol. The number of fused-ring (bicyclic) bond motifs is 1. The van der Waals surface area contributed by atoms with E-state index in [4.69, 9.17) is 0 Å². The Bertz CT molecular complexity index is 963. The number of hydrogen-bond acceptors (Lipinski definition) is 4. The minimum atomic E-state index is -0.883. The van der Waals surface area contributed by atoms with Gasteiger partial charge in [0.25, 0.3) is 0 Å². The number of carbonyl (C=O) groups excluding carboxylic acids is 1. The fourth-order valence-corrected chi connectivity index (χ4v) is 2.67. The number of benzene rings is 1. The average Bonchev–Trinajstić information content (AvgIpc) is 3.27. The number of hydrogen-bond donors (Lipinski definition) is 2. The van der Waals surface area contributed by atoms with Crippen molar-refractivity contribution in [3.8, 4) is 0 Å². The third-order valence-electron chi connectivity index (χ3n) is 4.14. The number of aryl methyl sites for hydroxylation is 1. The Morgan fingerprint density at radius 1 is 1.29 bits per heavy atom. The third kappa shape index (κ3) is 2.33. The Labute approximate surface area is 136 Å². The Kier molecular flexibility index (Phi) is 3.30. The molecule has 2 heterocycles. The summed E-state index contributed by atoms with van der Waals surface area (Å²) in [5, 5.41) is 3.67. The maximum absolute atomic E-state index is 14.3. The van der Waals surface area contributed by atoms with Crippen LogP contribution >= 0.6 is 0 Å². The molecule has 0 saturated heterocycles. The minimum Gasteiger partial charge on any atom is -0.367 e. The predicted molar refractivity (Wildman–Crippen MR) is 85.1 cm³/mol. The molecule has 7 heteroatoms. The number of ketones is 1. The van der Waals surface area contributed by atoms with Gasteiger partial charge >= 0.3 is 0 Å². The third-order valence-corrected chi connectivity index (χ3v) is 4.14. The summed E-state index contributed by atoms with van der Waals surface area (Å²) in [7, 11) is 0. The van der Waals surface area contributed by atoms with E-state index in [1.54, 1.807) is 0 Å². The van der Waals surface area contributed by atoms with E-state index in [1.807, 2.05) is 0 Å². The van der Waals surface area contributed by atoms with Crippen molar-refractivity contribution in [2.45, 2.75) is 25.8 Å². The molecule has 2 aromatic heterocycles. The zero-order valence-corrected chi connectivity index (χ0v) is 12.9. The van der Waals surface area contributed by atoms with Crippen LogP contribution in [0.4, 0.5) is 14.6 Å². The highest BCUT2D eigenvalue weighted by molar-refractivity contribution is 6.18. The number of anilines is 1. The summed E-state index contributed by atoms with van der Waals surface area (Å²) in [6.07, 6.45) is 4.85. The quantitative estimate of drug-likeness (QED) is 0.721. The number of aromatic amines is 1. The molecule has 1 aliphatic carbocycles. The van der Waals surface area contributed by atoms with Gasteiger partial charge in [0.05, 0.1) is 16.5 Å². The van der Waals surface area contributed by atoms with Crippen molar-refractivity contribution in [1.82, 2.24) is 15.0 Å². The number of rotatable bonds is 4. The van der Waals surface area contributed by atoms with Gasteiger partial charge in [0.1, 0.15) is 29.4 Å². The van der Waals surface area contributed by atoms with Crippen molar-refractivity contribution in [3.63, 3.8) is 0 Å². The number of halogens is 2. The first kappa shape index (κ1) is 14.7. The second kappa shape index (κ2) is 5.36. The van der Waals surface area contributed by atoms with Crippen molar-refractivity contribution in [3.05, 3.63) is 53.0 Å². The summed E-state index contributed by atoms with van der Waals surface area (Å²) in [5.74, 6) is -1.96. The van der Waals surface area contributed by atoms with E-state index >= 15 is 0 Å². The Morgan fingerprint density at radius 2 is 2.08 bits per heavy atom. The van der Waals surface area contributed by atoms with E-state index < -0.39 is 23.0 Å². The first-order chi connectivity index (χ1) is 11.6. The van der Waals surface area contributed by atoms with Crippen LogP contribution < -0.4 is 5.32 Å². The lowest BCUT2D eigenvalue weighted by Gasteiger charge is -2.08. The number of carbonyl (C=O) groups is 1. The van der Waals surface area contributed by atoms with Gasteiger partial charge in [-0.15, -0.1) is 0 Å². The summed E-state index contributed by atoms with van der Waals surface area (Å²) in [6.45, 7) is 1.49. The summed E-state index contributed by atoms with van der Waals surface area (Å²) >= 11 is 0. The van der Waals surface area contributed by atoms with Crippen molar-refractivity contribution in [1.29, 1.82) is 0 Å². The summed E-state index contributed by atoms with van der Waals surface area (Å²) in [4.78, 5) is 23.9. The van der Waals surface area contributed by atoms with Gasteiger partial charge in [-0.2, -0.15) is 0 Å². The van der Waals surface area contributed by atoms with Crippen molar-refractivity contribution < 1.29 is 13.6 Å². The highest BCUT2D eigenvalue weighted by Crippen LogP contribution is 2.31. The largest absolute Gasteiger partial charge is 0.367 e. The van der Waals surface area contributed by atoms with Crippen LogP contribution in [-0.4, -0.2) is 26.8 Å². The molecule has 0 atom stereocenters. The molecule has 1 fully saturated rings. The van der Waals surface area contributed by atoms with Crippen LogP contribution in [0.25, 0.3) is 11.0 Å². The average molecular weight is 328 g/mol. The highest BCUT2D eigenvalue weighted by atomic mass is 19.1. The molecule has 0 unspecified atom stereocenters. The minimum absolute atomic E-state index is 0.150. The predicted octanol–water partition coefficient (Wildman–Crippen LogP) is 3.35. The molecule has 0 bridgehead atoms. The normalized spacial score (nSPS) is 14.1. The first-order valence-electron chi connectivity index (χ1n) is 7.64. The van der Waals surface area contributed by atoms with Gasteiger partial charge in [-0.3, -0.25) is 4.79 Å². The molecule has 122 valence electrons. The number of nitrogens with one attached hydrogen (secondary N) is 2. The van der Waals surface area contributed by atoms with Crippen molar-refractivity contribution in [2.75, 3.05) is 5.32 Å². The van der Waals surface area contributed by atoms with Gasteiger partial charge in [-0.25, -0.2) is 18.7 Å². The molecule has 0 spiro atoms. The lowest BCUT2D eigenvalue weighted by molar-refractivity contribution is 0.103. The fraction of sp³-hybridized carbons (Fsp3) is 0.235. The van der Waals surface area contributed by atoms with Gasteiger partial charge in [0.15, 0.2) is 0 Å². The van der Waals surface area contributed by atoms with E-state index in [-0.39, 0.29) is 11.1 Å². The molecular formula is C17H14F2N4O. The fourth-order valence-electron chi connectivity index (χ4n) is 2.67. The van der Waals surface area contributed by atoms with E-state index in [0.29, 0.717) is 22.9 Å². The van der Waals surface area contributed by atoms with E-state index in [0.717, 1.165) is 18.9 Å². The Hall–Kier alpha value is -2.83. The molecule has 3 aromatic rings. The number of nitrogens with zero attached hydrogens (tertiary/aromatic N) is 2. The summed E-state index contributed by atoms with van der Waals surface area (Å²) < 4.78 is 28.4. The molecule has 0 radical (unpaired) electrons. The first-order valence-corrected chi connectivity index (χ1v) is 7.64. The van der Waals surface area contributed by atoms with Crippen LogP contribution in [0.3, 0.4) is 0 Å². The van der Waals surface area contributed by atoms with Gasteiger partial charge in [-0.05, 0) is 31.4 Å². The summed E-state index contributed by atoms with van der Waals surface area (Å²) in [5.41, 5.74) is 0.256. The number of H-pyrrole nitrogens is 1. The van der Waals surface area contributed by atoms with Gasteiger partial charge in [0, 0.05) is 12.2 Å². The smallest absolute Gasteiger partial charge is 0.201 e. The van der Waals surface area contributed by atoms with Gasteiger partial charge in [-0.1, -0.05) is 6.07 Å². The van der Waals surface area contributed by atoms with Crippen LogP contribution in [0.1, 0.15) is 34.3 Å². The van der Waals surface area contributed by atoms with Crippen LogP contribution in [0.5, 0.6) is 0 Å². The molecule has 1 aliphatic rings. The lowest BCUT2D eigenvalue weighted by atomic mass is 10.0. The van der Waals surface area contributed by atoms with Crippen LogP contribution in [0.15, 0.2) is 24.7 Å². The van der Waals surface area contributed by atoms with Gasteiger partial charge < -0.3 is 10.3 Å². The van der Waals surface area contributed by atoms with E-state index in [1.165, 1.54) is 25.5 Å². The second-order valence-corrected chi connectivity index (χ2v) is 5.95. The zero-order chi connectivity index (χ0) is 16.8. The van der Waals surface area contributed by atoms with Gasteiger partial charge in [0.2, 0.25) is 5.78 Å². The monoisotopic (exact) mass is 328 g/mol. The van der Waals surface area contributed by atoms with E-state index in [2.05, 4.69) is 20.3 Å². The second-order valence-electron chi connectivity index (χ2n) is 5.95. The molecule has 5 nitrogen and oxygen atoms in total. The molecule has 24 heavy (non-hydrogen) atoms. The maximum Gasteiger partial charge on any atom is 0.201 e. The zero-order valence-electron chi connectivity index (χ0n) is 12.9. The Morgan fingerprint density at radius 3 is 2.83 bits per heavy atom. The summed E-state index contributed by atoms with van der Waals surface area (Å²) in [6, 6.07) is 2.72. The topological polar surface area (TPSA) is 70.7 Å². The van der Waals surface area contributed by atoms with Crippen LogP contribution in [0, 0.1) is 18.6 Å². The SMILES string of the molecule is Cc1ccc(F)c(C(=O)c2c[nH]c3ncnc(NC4CC4)c23)c1F.